The number of hydrogen-bond acceptors (Lipinski definition) is 8. The van der Waals surface area contributed by atoms with Crippen molar-refractivity contribution in [3.63, 3.8) is 0 Å². The van der Waals surface area contributed by atoms with E-state index in [4.69, 9.17) is 4.52 Å². The third-order valence-corrected chi connectivity index (χ3v) is 7.36. The van der Waals surface area contributed by atoms with E-state index in [0.717, 1.165) is 17.8 Å². The Hall–Kier alpha value is -3.66. The second kappa shape index (κ2) is 6.42. The SMILES string of the molecule is Cn1cnc2ncn(Cc3nc([C@H]4[C@@H]5C=C(c6ccc7ncsc7c6)C[C@@H]54)no3)c(=O)c21. The standard InChI is InChI=1S/C22H17N7O2S/c1-28-8-23-21-19(28)22(30)29(9-24-21)7-17-26-20(27-31-17)18-13-4-12(5-14(13)18)11-2-3-15-16(6-11)32-10-25-15/h2-4,6,8-10,13-14,18H,5,7H2,1H3/t13-,14+,18+/m1/s1. The fraction of sp³-hybridized carbons (Fsp3) is 0.273. The van der Waals surface area contributed by atoms with Gasteiger partial charge in [-0.25, -0.2) is 15.0 Å². The van der Waals surface area contributed by atoms with Gasteiger partial charge in [0.05, 0.1) is 22.1 Å². The number of hydrogen-bond donors (Lipinski definition) is 0. The predicted molar refractivity (Wildman–Crippen MR) is 118 cm³/mol. The van der Waals surface area contributed by atoms with E-state index in [2.05, 4.69) is 49.4 Å². The molecule has 0 aliphatic heterocycles. The molecule has 7 rings (SSSR count). The molecule has 10 heteroatoms. The van der Waals surface area contributed by atoms with Gasteiger partial charge in [0.15, 0.2) is 17.0 Å². The molecule has 0 amide bonds. The highest BCUT2D eigenvalue weighted by molar-refractivity contribution is 7.16. The second-order valence-corrected chi connectivity index (χ2v) is 9.34. The lowest BCUT2D eigenvalue weighted by molar-refractivity contribution is 0.364. The van der Waals surface area contributed by atoms with Gasteiger partial charge in [-0.15, -0.1) is 11.3 Å². The fourth-order valence-electron chi connectivity index (χ4n) is 4.88. The Bertz CT molecular complexity index is 1610. The number of rotatable bonds is 4. The molecule has 5 aromatic rings. The van der Waals surface area contributed by atoms with Gasteiger partial charge in [0.1, 0.15) is 12.9 Å². The van der Waals surface area contributed by atoms with Gasteiger partial charge >= 0.3 is 0 Å². The summed E-state index contributed by atoms with van der Waals surface area (Å²) in [5.74, 6) is 2.39. The van der Waals surface area contributed by atoms with Crippen LogP contribution in [-0.2, 0) is 13.6 Å². The smallest absolute Gasteiger partial charge is 0.280 e. The van der Waals surface area contributed by atoms with Crippen molar-refractivity contribution >= 4 is 38.3 Å². The van der Waals surface area contributed by atoms with Crippen molar-refractivity contribution in [2.75, 3.05) is 0 Å². The predicted octanol–water partition coefficient (Wildman–Crippen LogP) is 2.99. The average Bonchev–Trinajstić information content (AvgIpc) is 3.38. The molecule has 3 atom stereocenters. The molecule has 9 nitrogen and oxygen atoms in total. The van der Waals surface area contributed by atoms with Crippen LogP contribution in [0.1, 0.15) is 29.6 Å². The zero-order chi connectivity index (χ0) is 21.4. The summed E-state index contributed by atoms with van der Waals surface area (Å²) in [6, 6.07) is 6.48. The maximum absolute atomic E-state index is 12.7. The highest BCUT2D eigenvalue weighted by Crippen LogP contribution is 2.62. The summed E-state index contributed by atoms with van der Waals surface area (Å²) in [6.07, 6.45) is 6.43. The summed E-state index contributed by atoms with van der Waals surface area (Å²) in [6.45, 7) is 0.192. The van der Waals surface area contributed by atoms with Crippen LogP contribution in [0.2, 0.25) is 0 Å². The summed E-state index contributed by atoms with van der Waals surface area (Å²) in [7, 11) is 1.77. The van der Waals surface area contributed by atoms with Crippen LogP contribution in [0.4, 0.5) is 0 Å². The van der Waals surface area contributed by atoms with Crippen LogP contribution in [0, 0.1) is 11.8 Å². The topological polar surface area (TPSA) is 105 Å². The summed E-state index contributed by atoms with van der Waals surface area (Å²) in [5.41, 5.74) is 6.31. The molecule has 1 aromatic carbocycles. The van der Waals surface area contributed by atoms with E-state index < -0.39 is 0 Å². The van der Waals surface area contributed by atoms with Gasteiger partial charge in [0.2, 0.25) is 5.89 Å². The Morgan fingerprint density at radius 2 is 2.12 bits per heavy atom. The lowest BCUT2D eigenvalue weighted by atomic mass is 10.0. The van der Waals surface area contributed by atoms with Gasteiger partial charge in [-0.3, -0.25) is 9.36 Å². The van der Waals surface area contributed by atoms with E-state index in [-0.39, 0.29) is 18.0 Å². The molecule has 0 saturated heterocycles. The first-order valence-electron chi connectivity index (χ1n) is 10.4. The van der Waals surface area contributed by atoms with Crippen molar-refractivity contribution in [2.24, 2.45) is 18.9 Å². The minimum Gasteiger partial charge on any atom is -0.337 e. The van der Waals surface area contributed by atoms with Crippen molar-refractivity contribution in [3.8, 4) is 0 Å². The molecule has 1 saturated carbocycles. The van der Waals surface area contributed by atoms with Gasteiger partial charge < -0.3 is 9.09 Å². The van der Waals surface area contributed by atoms with E-state index in [1.807, 2.05) is 5.51 Å². The number of allylic oxidation sites excluding steroid dienone is 2. The maximum atomic E-state index is 12.7. The van der Waals surface area contributed by atoms with Crippen molar-refractivity contribution in [1.82, 2.24) is 34.2 Å². The van der Waals surface area contributed by atoms with Crippen LogP contribution in [-0.4, -0.2) is 34.2 Å². The molecule has 0 unspecified atom stereocenters. The summed E-state index contributed by atoms with van der Waals surface area (Å²) >= 11 is 1.67. The molecule has 158 valence electrons. The van der Waals surface area contributed by atoms with E-state index in [1.165, 1.54) is 26.7 Å². The first-order valence-corrected chi connectivity index (χ1v) is 11.3. The Kier molecular flexibility index (Phi) is 3.61. The Morgan fingerprint density at radius 1 is 1.22 bits per heavy atom. The van der Waals surface area contributed by atoms with Crippen LogP contribution < -0.4 is 5.56 Å². The van der Waals surface area contributed by atoms with Gasteiger partial charge in [0.25, 0.3) is 5.56 Å². The number of thiazole rings is 1. The van der Waals surface area contributed by atoms with E-state index in [0.29, 0.717) is 28.9 Å². The van der Waals surface area contributed by atoms with Crippen LogP contribution in [0.15, 0.2) is 51.8 Å². The van der Waals surface area contributed by atoms with Crippen molar-refractivity contribution in [3.05, 3.63) is 70.1 Å². The maximum Gasteiger partial charge on any atom is 0.280 e. The van der Waals surface area contributed by atoms with E-state index in [1.54, 1.807) is 29.3 Å². The molecule has 4 heterocycles. The summed E-state index contributed by atoms with van der Waals surface area (Å²) < 4.78 is 9.83. The van der Waals surface area contributed by atoms with Gasteiger partial charge in [-0.1, -0.05) is 17.3 Å². The van der Waals surface area contributed by atoms with Gasteiger partial charge in [-0.05, 0) is 41.5 Å². The van der Waals surface area contributed by atoms with Gasteiger partial charge in [-0.2, -0.15) is 4.98 Å². The molecule has 0 bridgehead atoms. The summed E-state index contributed by atoms with van der Waals surface area (Å²) in [4.78, 5) is 30.0. The van der Waals surface area contributed by atoms with Crippen molar-refractivity contribution < 1.29 is 4.52 Å². The quantitative estimate of drug-likeness (QED) is 0.420. The third kappa shape index (κ3) is 2.62. The number of imidazole rings is 1. The second-order valence-electron chi connectivity index (χ2n) is 8.45. The van der Waals surface area contributed by atoms with Crippen LogP contribution in [0.25, 0.3) is 27.0 Å². The number of fused-ring (bicyclic) bond motifs is 3. The Balaban J connectivity index is 1.11. The zero-order valence-electron chi connectivity index (χ0n) is 17.0. The lowest BCUT2D eigenvalue weighted by Crippen LogP contribution is -2.22. The fourth-order valence-corrected chi connectivity index (χ4v) is 5.59. The molecular formula is C22H17N7O2S. The van der Waals surface area contributed by atoms with Crippen molar-refractivity contribution in [2.45, 2.75) is 18.9 Å². The molecule has 0 radical (unpaired) electrons. The Labute approximate surface area is 185 Å². The number of aryl methyl sites for hydroxylation is 1. The van der Waals surface area contributed by atoms with Crippen molar-refractivity contribution in [1.29, 1.82) is 0 Å². The van der Waals surface area contributed by atoms with Crippen LogP contribution in [0.5, 0.6) is 0 Å². The molecule has 1 fully saturated rings. The minimum atomic E-state index is -0.177. The zero-order valence-corrected chi connectivity index (χ0v) is 17.9. The van der Waals surface area contributed by atoms with Crippen LogP contribution >= 0.6 is 11.3 Å². The first-order chi connectivity index (χ1) is 15.7. The van der Waals surface area contributed by atoms with Crippen LogP contribution in [0.3, 0.4) is 0 Å². The largest absolute Gasteiger partial charge is 0.337 e. The number of aromatic nitrogens is 7. The number of nitrogens with zero attached hydrogens (tertiary/aromatic N) is 7. The average molecular weight is 443 g/mol. The van der Waals surface area contributed by atoms with Gasteiger partial charge in [0, 0.05) is 13.0 Å². The molecule has 2 aliphatic rings. The third-order valence-electron chi connectivity index (χ3n) is 6.57. The first kappa shape index (κ1) is 18.0. The number of benzene rings is 1. The molecular weight excluding hydrogens is 426 g/mol. The lowest BCUT2D eigenvalue weighted by Gasteiger charge is -2.05. The molecule has 32 heavy (non-hydrogen) atoms. The minimum absolute atomic E-state index is 0.177. The highest BCUT2D eigenvalue weighted by atomic mass is 32.1. The molecule has 2 aliphatic carbocycles. The van der Waals surface area contributed by atoms with E-state index in [9.17, 15) is 4.79 Å². The monoisotopic (exact) mass is 443 g/mol. The normalized spacial score (nSPS) is 21.9. The highest BCUT2D eigenvalue weighted by Gasteiger charge is 2.55. The van der Waals surface area contributed by atoms with E-state index >= 15 is 0 Å². The molecule has 4 aromatic heterocycles. The Morgan fingerprint density at radius 3 is 3.00 bits per heavy atom. The molecule has 0 N–H and O–H groups in total. The summed E-state index contributed by atoms with van der Waals surface area (Å²) in [5, 5.41) is 4.21. The molecule has 0 spiro atoms.